The number of carbonyl (C=O) groups is 1. The van der Waals surface area contributed by atoms with Gasteiger partial charge in [0.25, 0.3) is 5.91 Å². The minimum Gasteiger partial charge on any atom is -0.365 e. The van der Waals surface area contributed by atoms with Gasteiger partial charge in [-0.25, -0.2) is 4.98 Å². The lowest BCUT2D eigenvalue weighted by Gasteiger charge is -2.26. The van der Waals surface area contributed by atoms with E-state index in [9.17, 15) is 4.79 Å². The molecule has 0 spiro atoms. The Kier molecular flexibility index (Phi) is 4.44. The summed E-state index contributed by atoms with van der Waals surface area (Å²) in [5.41, 5.74) is 3.81. The summed E-state index contributed by atoms with van der Waals surface area (Å²) < 4.78 is 1.80. The van der Waals surface area contributed by atoms with Crippen LogP contribution in [0.3, 0.4) is 0 Å². The van der Waals surface area contributed by atoms with Crippen LogP contribution in [0.2, 0.25) is 0 Å². The summed E-state index contributed by atoms with van der Waals surface area (Å²) >= 11 is 0. The molecule has 0 saturated heterocycles. The molecule has 0 bridgehead atoms. The Morgan fingerprint density at radius 3 is 2.46 bits per heavy atom. The molecule has 2 aromatic carbocycles. The minimum atomic E-state index is -0.0420. The van der Waals surface area contributed by atoms with Crippen LogP contribution in [0.25, 0.3) is 0 Å². The van der Waals surface area contributed by atoms with Crippen LogP contribution in [-0.2, 0) is 13.6 Å². The number of carbonyl (C=O) groups excluding carboxylic acids is 1. The van der Waals surface area contributed by atoms with E-state index in [1.54, 1.807) is 17.1 Å². The SMILES string of the molecule is Cn1cnc(C(=O)N2CCCN(Cc3ccccc3)c3ccccc32)c1. The zero-order chi connectivity index (χ0) is 17.9. The number of benzene rings is 2. The van der Waals surface area contributed by atoms with Gasteiger partial charge in [-0.05, 0) is 24.1 Å². The molecule has 0 saturated carbocycles. The Morgan fingerprint density at radius 2 is 1.73 bits per heavy atom. The molecule has 0 atom stereocenters. The minimum absolute atomic E-state index is 0.0420. The third kappa shape index (κ3) is 3.20. The van der Waals surface area contributed by atoms with Crippen LogP contribution in [0.15, 0.2) is 67.1 Å². The second kappa shape index (κ2) is 7.04. The van der Waals surface area contributed by atoms with Crippen molar-refractivity contribution in [3.05, 3.63) is 78.4 Å². The summed E-state index contributed by atoms with van der Waals surface area (Å²) in [6.45, 7) is 2.44. The standard InChI is InChI=1S/C21H22N4O/c1-23-15-18(22-16-23)21(26)25-13-7-12-24(14-17-8-3-2-4-9-17)19-10-5-6-11-20(19)25/h2-6,8-11,15-16H,7,12-14H2,1H3. The molecule has 5 heteroatoms. The molecule has 0 N–H and O–H groups in total. The number of hydrogen-bond acceptors (Lipinski definition) is 3. The first kappa shape index (κ1) is 16.4. The molecule has 0 fully saturated rings. The topological polar surface area (TPSA) is 41.4 Å². The van der Waals surface area contributed by atoms with Crippen LogP contribution in [-0.4, -0.2) is 28.5 Å². The quantitative estimate of drug-likeness (QED) is 0.729. The summed E-state index contributed by atoms with van der Waals surface area (Å²) in [6.07, 6.45) is 4.36. The van der Waals surface area contributed by atoms with Crippen LogP contribution < -0.4 is 9.80 Å². The van der Waals surface area contributed by atoms with Gasteiger partial charge in [0, 0.05) is 32.9 Å². The van der Waals surface area contributed by atoms with Crippen molar-refractivity contribution in [1.82, 2.24) is 9.55 Å². The van der Waals surface area contributed by atoms with Gasteiger partial charge in [0.1, 0.15) is 5.69 Å². The summed E-state index contributed by atoms with van der Waals surface area (Å²) in [5, 5.41) is 0. The summed E-state index contributed by atoms with van der Waals surface area (Å²) in [4.78, 5) is 21.5. The van der Waals surface area contributed by atoms with Crippen molar-refractivity contribution in [2.24, 2.45) is 7.05 Å². The fraction of sp³-hybridized carbons (Fsp3) is 0.238. The molecular weight excluding hydrogens is 324 g/mol. The lowest BCUT2D eigenvalue weighted by molar-refractivity contribution is 0.0983. The average Bonchev–Trinajstić information content (AvgIpc) is 3.03. The molecule has 132 valence electrons. The highest BCUT2D eigenvalue weighted by molar-refractivity contribution is 6.06. The molecule has 0 radical (unpaired) electrons. The molecular formula is C21H22N4O. The van der Waals surface area contributed by atoms with Crippen molar-refractivity contribution in [1.29, 1.82) is 0 Å². The van der Waals surface area contributed by atoms with E-state index in [1.807, 2.05) is 36.2 Å². The van der Waals surface area contributed by atoms with Gasteiger partial charge >= 0.3 is 0 Å². The Morgan fingerprint density at radius 1 is 1.00 bits per heavy atom. The number of rotatable bonds is 3. The van der Waals surface area contributed by atoms with Gasteiger partial charge in [0.05, 0.1) is 17.7 Å². The third-order valence-electron chi connectivity index (χ3n) is 4.71. The number of aryl methyl sites for hydroxylation is 1. The van der Waals surface area contributed by atoms with Gasteiger partial charge in [0.15, 0.2) is 0 Å². The third-order valence-corrected chi connectivity index (χ3v) is 4.71. The van der Waals surface area contributed by atoms with E-state index in [-0.39, 0.29) is 5.91 Å². The Balaban J connectivity index is 1.67. The maximum atomic E-state index is 13.0. The van der Waals surface area contributed by atoms with E-state index >= 15 is 0 Å². The van der Waals surface area contributed by atoms with E-state index in [1.165, 1.54) is 5.56 Å². The first-order chi connectivity index (χ1) is 12.7. The van der Waals surface area contributed by atoms with Crippen LogP contribution in [0.5, 0.6) is 0 Å². The lowest BCUT2D eigenvalue weighted by atomic mass is 10.1. The van der Waals surface area contributed by atoms with Crippen molar-refractivity contribution >= 4 is 17.3 Å². The van der Waals surface area contributed by atoms with Crippen LogP contribution >= 0.6 is 0 Å². The van der Waals surface area contributed by atoms with E-state index in [0.717, 1.165) is 30.9 Å². The van der Waals surface area contributed by atoms with E-state index in [0.29, 0.717) is 12.2 Å². The monoisotopic (exact) mass is 346 g/mol. The van der Waals surface area contributed by atoms with Gasteiger partial charge in [-0.3, -0.25) is 4.79 Å². The second-order valence-corrected chi connectivity index (χ2v) is 6.63. The van der Waals surface area contributed by atoms with Crippen LogP contribution in [0.1, 0.15) is 22.5 Å². The average molecular weight is 346 g/mol. The molecule has 5 nitrogen and oxygen atoms in total. The maximum Gasteiger partial charge on any atom is 0.278 e. The highest BCUT2D eigenvalue weighted by atomic mass is 16.2. The highest BCUT2D eigenvalue weighted by Crippen LogP contribution is 2.33. The molecule has 0 aliphatic carbocycles. The second-order valence-electron chi connectivity index (χ2n) is 6.63. The lowest BCUT2D eigenvalue weighted by Crippen LogP contribution is -2.31. The number of anilines is 2. The number of para-hydroxylation sites is 2. The van der Waals surface area contributed by atoms with E-state index in [2.05, 4.69) is 40.2 Å². The van der Waals surface area contributed by atoms with E-state index in [4.69, 9.17) is 0 Å². The molecule has 4 rings (SSSR count). The molecule has 1 aliphatic rings. The zero-order valence-corrected chi connectivity index (χ0v) is 14.9. The largest absolute Gasteiger partial charge is 0.365 e. The van der Waals surface area contributed by atoms with Gasteiger partial charge in [0.2, 0.25) is 0 Å². The fourth-order valence-electron chi connectivity index (χ4n) is 3.46. The van der Waals surface area contributed by atoms with Crippen molar-refractivity contribution in [2.75, 3.05) is 22.9 Å². The summed E-state index contributed by atoms with van der Waals surface area (Å²) in [7, 11) is 1.88. The predicted molar refractivity (Wildman–Crippen MR) is 103 cm³/mol. The van der Waals surface area contributed by atoms with Gasteiger partial charge in [-0.15, -0.1) is 0 Å². The Bertz CT molecular complexity index is 903. The highest BCUT2D eigenvalue weighted by Gasteiger charge is 2.26. The van der Waals surface area contributed by atoms with Crippen molar-refractivity contribution in [3.63, 3.8) is 0 Å². The number of aromatic nitrogens is 2. The Hall–Kier alpha value is -3.08. The smallest absolute Gasteiger partial charge is 0.278 e. The van der Waals surface area contributed by atoms with E-state index < -0.39 is 0 Å². The van der Waals surface area contributed by atoms with Gasteiger partial charge in [-0.1, -0.05) is 42.5 Å². The number of nitrogens with zero attached hydrogens (tertiary/aromatic N) is 4. The molecule has 1 aliphatic heterocycles. The van der Waals surface area contributed by atoms with Crippen molar-refractivity contribution in [2.45, 2.75) is 13.0 Å². The summed E-state index contributed by atoms with van der Waals surface area (Å²) in [6, 6.07) is 18.6. The van der Waals surface area contributed by atoms with Crippen molar-refractivity contribution in [3.8, 4) is 0 Å². The van der Waals surface area contributed by atoms with Crippen molar-refractivity contribution < 1.29 is 4.79 Å². The molecule has 26 heavy (non-hydrogen) atoms. The fourth-order valence-corrected chi connectivity index (χ4v) is 3.46. The summed E-state index contributed by atoms with van der Waals surface area (Å²) in [5.74, 6) is -0.0420. The molecule has 1 amide bonds. The normalized spacial score (nSPS) is 14.0. The number of hydrogen-bond donors (Lipinski definition) is 0. The predicted octanol–water partition coefficient (Wildman–Crippen LogP) is 3.48. The maximum absolute atomic E-state index is 13.0. The van der Waals surface area contributed by atoms with Crippen LogP contribution in [0.4, 0.5) is 11.4 Å². The molecule has 1 aromatic heterocycles. The first-order valence-electron chi connectivity index (χ1n) is 8.90. The molecule has 2 heterocycles. The number of amides is 1. The number of fused-ring (bicyclic) bond motifs is 1. The molecule has 0 unspecified atom stereocenters. The number of imidazole rings is 1. The Labute approximate surface area is 153 Å². The van der Waals surface area contributed by atoms with Crippen LogP contribution in [0, 0.1) is 0 Å². The zero-order valence-electron chi connectivity index (χ0n) is 14.9. The van der Waals surface area contributed by atoms with Gasteiger partial charge < -0.3 is 14.4 Å². The molecule has 3 aromatic rings. The van der Waals surface area contributed by atoms with Gasteiger partial charge in [-0.2, -0.15) is 0 Å². The first-order valence-corrected chi connectivity index (χ1v) is 8.90.